The van der Waals surface area contributed by atoms with E-state index in [2.05, 4.69) is 10.5 Å². The number of nitrogens with one attached hydrogen (secondary N) is 1. The SMILES string of the molecule is Cc1cc(NCCCC(C)(C)C(N)=NO)ccc1F. The molecular formula is C14H22FN3O. The molecular weight excluding hydrogens is 245 g/mol. The topological polar surface area (TPSA) is 70.6 Å². The number of nitrogens with two attached hydrogens (primary N) is 1. The summed E-state index contributed by atoms with van der Waals surface area (Å²) in [6.07, 6.45) is 1.68. The quantitative estimate of drug-likeness (QED) is 0.244. The van der Waals surface area contributed by atoms with Crippen molar-refractivity contribution in [2.75, 3.05) is 11.9 Å². The molecule has 0 aliphatic rings. The number of hydrogen-bond acceptors (Lipinski definition) is 3. The molecule has 0 saturated heterocycles. The zero-order valence-electron chi connectivity index (χ0n) is 11.7. The van der Waals surface area contributed by atoms with Crippen LogP contribution in [0.3, 0.4) is 0 Å². The highest BCUT2D eigenvalue weighted by molar-refractivity contribution is 5.85. The Kier molecular flexibility index (Phi) is 5.15. The standard InChI is InChI=1S/C14H22FN3O/c1-10-9-11(5-6-12(10)15)17-8-4-7-14(2,3)13(16)18-19/h5-6,9,17,19H,4,7-8H2,1-3H3,(H2,16,18). The Labute approximate surface area is 113 Å². The first-order valence-corrected chi connectivity index (χ1v) is 6.35. The van der Waals surface area contributed by atoms with Gasteiger partial charge in [-0.3, -0.25) is 0 Å². The fraction of sp³-hybridized carbons (Fsp3) is 0.500. The number of amidine groups is 1. The van der Waals surface area contributed by atoms with E-state index in [1.54, 1.807) is 19.1 Å². The van der Waals surface area contributed by atoms with Crippen molar-refractivity contribution in [3.8, 4) is 0 Å². The second-order valence-corrected chi connectivity index (χ2v) is 5.36. The van der Waals surface area contributed by atoms with Crippen LogP contribution in [0.25, 0.3) is 0 Å². The van der Waals surface area contributed by atoms with Crippen LogP contribution in [0.1, 0.15) is 32.3 Å². The number of aryl methyl sites for hydroxylation is 1. The fourth-order valence-electron chi connectivity index (χ4n) is 1.78. The van der Waals surface area contributed by atoms with Crippen LogP contribution < -0.4 is 11.1 Å². The maximum Gasteiger partial charge on any atom is 0.144 e. The van der Waals surface area contributed by atoms with Crippen LogP contribution in [-0.4, -0.2) is 17.6 Å². The summed E-state index contributed by atoms with van der Waals surface area (Å²) < 4.78 is 13.1. The summed E-state index contributed by atoms with van der Waals surface area (Å²) >= 11 is 0. The first-order valence-electron chi connectivity index (χ1n) is 6.35. The number of nitrogens with zero attached hydrogens (tertiary/aromatic N) is 1. The Morgan fingerprint density at radius 3 is 2.74 bits per heavy atom. The highest BCUT2D eigenvalue weighted by Gasteiger charge is 2.22. The predicted octanol–water partition coefficient (Wildman–Crippen LogP) is 3.10. The summed E-state index contributed by atoms with van der Waals surface area (Å²) in [4.78, 5) is 0. The Morgan fingerprint density at radius 1 is 1.47 bits per heavy atom. The van der Waals surface area contributed by atoms with E-state index >= 15 is 0 Å². The smallest absolute Gasteiger partial charge is 0.144 e. The molecule has 0 bridgehead atoms. The van der Waals surface area contributed by atoms with Gasteiger partial charge in [0.25, 0.3) is 0 Å². The van der Waals surface area contributed by atoms with Crippen LogP contribution in [0.2, 0.25) is 0 Å². The number of oxime groups is 1. The van der Waals surface area contributed by atoms with Crippen LogP contribution in [-0.2, 0) is 0 Å². The summed E-state index contributed by atoms with van der Waals surface area (Å²) in [5, 5.41) is 15.0. The van der Waals surface area contributed by atoms with Crippen LogP contribution >= 0.6 is 0 Å². The maximum absolute atomic E-state index is 13.1. The molecule has 4 N–H and O–H groups in total. The van der Waals surface area contributed by atoms with Gasteiger partial charge in [-0.05, 0) is 43.5 Å². The molecule has 0 saturated carbocycles. The second kappa shape index (κ2) is 6.41. The number of benzene rings is 1. The number of hydrogen-bond donors (Lipinski definition) is 3. The normalized spacial score (nSPS) is 12.5. The number of anilines is 1. The minimum absolute atomic E-state index is 0.196. The first-order chi connectivity index (χ1) is 8.86. The van der Waals surface area contributed by atoms with E-state index < -0.39 is 0 Å². The number of rotatable bonds is 6. The summed E-state index contributed by atoms with van der Waals surface area (Å²) in [5.74, 6) is 0.0451. The van der Waals surface area contributed by atoms with E-state index in [9.17, 15) is 4.39 Å². The maximum atomic E-state index is 13.1. The molecule has 5 heteroatoms. The van der Waals surface area contributed by atoms with Crippen LogP contribution in [0.5, 0.6) is 0 Å². The van der Waals surface area contributed by atoms with Crippen LogP contribution in [0, 0.1) is 18.2 Å². The third-order valence-corrected chi connectivity index (χ3v) is 3.27. The third kappa shape index (κ3) is 4.43. The lowest BCUT2D eigenvalue weighted by Crippen LogP contribution is -2.32. The lowest BCUT2D eigenvalue weighted by atomic mass is 9.86. The zero-order chi connectivity index (χ0) is 14.5. The van der Waals surface area contributed by atoms with Gasteiger partial charge >= 0.3 is 0 Å². The molecule has 0 aliphatic carbocycles. The molecule has 1 aromatic carbocycles. The highest BCUT2D eigenvalue weighted by atomic mass is 19.1. The van der Waals surface area contributed by atoms with Gasteiger partial charge in [-0.2, -0.15) is 0 Å². The Bertz CT molecular complexity index is 458. The van der Waals surface area contributed by atoms with Gasteiger partial charge in [0, 0.05) is 17.6 Å². The van der Waals surface area contributed by atoms with Crippen molar-refractivity contribution in [3.63, 3.8) is 0 Å². The average molecular weight is 267 g/mol. The van der Waals surface area contributed by atoms with Gasteiger partial charge < -0.3 is 16.3 Å². The van der Waals surface area contributed by atoms with Gasteiger partial charge in [-0.1, -0.05) is 19.0 Å². The van der Waals surface area contributed by atoms with Gasteiger partial charge in [0.15, 0.2) is 0 Å². The van der Waals surface area contributed by atoms with Crippen molar-refractivity contribution in [2.24, 2.45) is 16.3 Å². The molecule has 0 spiro atoms. The molecule has 106 valence electrons. The van der Waals surface area contributed by atoms with E-state index in [-0.39, 0.29) is 17.1 Å². The van der Waals surface area contributed by atoms with E-state index in [0.717, 1.165) is 25.1 Å². The zero-order valence-corrected chi connectivity index (χ0v) is 11.7. The molecule has 0 amide bonds. The van der Waals surface area contributed by atoms with Crippen LogP contribution in [0.15, 0.2) is 23.4 Å². The summed E-state index contributed by atoms with van der Waals surface area (Å²) in [5.41, 5.74) is 6.82. The summed E-state index contributed by atoms with van der Waals surface area (Å²) in [7, 11) is 0. The second-order valence-electron chi connectivity index (χ2n) is 5.36. The molecule has 0 fully saturated rings. The minimum atomic E-state index is -0.324. The largest absolute Gasteiger partial charge is 0.409 e. The highest BCUT2D eigenvalue weighted by Crippen LogP contribution is 2.22. The monoisotopic (exact) mass is 267 g/mol. The lowest BCUT2D eigenvalue weighted by molar-refractivity contribution is 0.305. The first kappa shape index (κ1) is 15.3. The molecule has 0 atom stereocenters. The van der Waals surface area contributed by atoms with Gasteiger partial charge in [-0.25, -0.2) is 4.39 Å². The van der Waals surface area contributed by atoms with Crippen molar-refractivity contribution in [1.82, 2.24) is 0 Å². The third-order valence-electron chi connectivity index (χ3n) is 3.27. The van der Waals surface area contributed by atoms with Crippen molar-refractivity contribution in [2.45, 2.75) is 33.6 Å². The summed E-state index contributed by atoms with van der Waals surface area (Å²) in [6, 6.07) is 4.96. The Hall–Kier alpha value is -1.78. The molecule has 0 heterocycles. The summed E-state index contributed by atoms with van der Waals surface area (Å²) in [6.45, 7) is 6.36. The Morgan fingerprint density at radius 2 is 2.16 bits per heavy atom. The number of halogens is 1. The molecule has 1 rings (SSSR count). The van der Waals surface area contributed by atoms with Crippen molar-refractivity contribution in [1.29, 1.82) is 0 Å². The predicted molar refractivity (Wildman–Crippen MR) is 76.1 cm³/mol. The van der Waals surface area contributed by atoms with E-state index in [1.807, 2.05) is 13.8 Å². The molecule has 0 radical (unpaired) electrons. The molecule has 19 heavy (non-hydrogen) atoms. The van der Waals surface area contributed by atoms with Crippen molar-refractivity contribution >= 4 is 11.5 Å². The van der Waals surface area contributed by atoms with Gasteiger partial charge in [0.2, 0.25) is 0 Å². The molecule has 0 aromatic heterocycles. The minimum Gasteiger partial charge on any atom is -0.409 e. The molecule has 0 unspecified atom stereocenters. The van der Waals surface area contributed by atoms with E-state index in [0.29, 0.717) is 5.56 Å². The van der Waals surface area contributed by atoms with Gasteiger partial charge in [0.05, 0.1) is 0 Å². The van der Waals surface area contributed by atoms with Gasteiger partial charge in [-0.15, -0.1) is 0 Å². The lowest BCUT2D eigenvalue weighted by Gasteiger charge is -2.22. The van der Waals surface area contributed by atoms with E-state index in [1.165, 1.54) is 6.07 Å². The fourth-order valence-corrected chi connectivity index (χ4v) is 1.78. The van der Waals surface area contributed by atoms with Crippen LogP contribution in [0.4, 0.5) is 10.1 Å². The van der Waals surface area contributed by atoms with Crippen molar-refractivity contribution < 1.29 is 9.60 Å². The Balaban J connectivity index is 2.41. The van der Waals surface area contributed by atoms with Crippen molar-refractivity contribution in [3.05, 3.63) is 29.6 Å². The van der Waals surface area contributed by atoms with Gasteiger partial charge in [0.1, 0.15) is 11.7 Å². The molecule has 1 aromatic rings. The molecule has 0 aliphatic heterocycles. The van der Waals surface area contributed by atoms with E-state index in [4.69, 9.17) is 10.9 Å². The molecule has 4 nitrogen and oxygen atoms in total. The average Bonchev–Trinajstić information content (AvgIpc) is 2.37.